The molecule has 1 fully saturated rings. The Morgan fingerprint density at radius 3 is 3.08 bits per heavy atom. The number of nitrogens with zero attached hydrogens (tertiary/aromatic N) is 3. The van der Waals surface area contributed by atoms with Crippen LogP contribution < -0.4 is 11.3 Å². The molecule has 3 heterocycles. The second kappa shape index (κ2) is 6.59. The number of nitrogen functional groups attached to an aromatic ring is 1. The van der Waals surface area contributed by atoms with Crippen LogP contribution in [-0.4, -0.2) is 55.2 Å². The van der Waals surface area contributed by atoms with Crippen molar-refractivity contribution in [2.45, 2.75) is 25.4 Å². The molecule has 4 atom stereocenters. The van der Waals surface area contributed by atoms with Gasteiger partial charge >= 0.3 is 0 Å². The lowest BCUT2D eigenvalue weighted by molar-refractivity contribution is -0.0490. The summed E-state index contributed by atoms with van der Waals surface area (Å²) in [7, 11) is 0. The van der Waals surface area contributed by atoms with Crippen LogP contribution in [0.4, 0.5) is 5.95 Å². The molecular formula is C14H19N5O5. The maximum absolute atomic E-state index is 11.8. The van der Waals surface area contributed by atoms with Gasteiger partial charge in [0.25, 0.3) is 5.56 Å². The van der Waals surface area contributed by atoms with E-state index in [1.807, 2.05) is 6.92 Å². The quantitative estimate of drug-likeness (QED) is 0.514. The van der Waals surface area contributed by atoms with Gasteiger partial charge in [0.15, 0.2) is 17.4 Å². The molecule has 130 valence electrons. The zero-order valence-electron chi connectivity index (χ0n) is 13.0. The number of nitrogens with two attached hydrogens (primary N) is 1. The number of imidazole rings is 1. The fourth-order valence-electron chi connectivity index (χ4n) is 2.76. The maximum Gasteiger partial charge on any atom is 0.280 e. The molecule has 10 heteroatoms. The van der Waals surface area contributed by atoms with Crippen molar-refractivity contribution in [1.82, 2.24) is 19.5 Å². The Morgan fingerprint density at radius 1 is 1.58 bits per heavy atom. The number of aliphatic hydroxyl groups excluding tert-OH is 2. The van der Waals surface area contributed by atoms with Gasteiger partial charge in [-0.1, -0.05) is 0 Å². The average Bonchev–Trinajstić information content (AvgIpc) is 3.09. The second-order valence-corrected chi connectivity index (χ2v) is 5.37. The van der Waals surface area contributed by atoms with E-state index >= 15 is 0 Å². The van der Waals surface area contributed by atoms with Gasteiger partial charge < -0.3 is 25.4 Å². The topological polar surface area (TPSA) is 149 Å². The van der Waals surface area contributed by atoms with E-state index in [4.69, 9.17) is 15.2 Å². The van der Waals surface area contributed by atoms with Crippen molar-refractivity contribution in [1.29, 1.82) is 0 Å². The molecule has 0 bridgehead atoms. The summed E-state index contributed by atoms with van der Waals surface area (Å²) in [4.78, 5) is 22.2. The molecular weight excluding hydrogens is 318 g/mol. The molecule has 10 nitrogen and oxygen atoms in total. The number of hydrogen-bond acceptors (Lipinski definition) is 8. The van der Waals surface area contributed by atoms with Gasteiger partial charge in [-0.2, -0.15) is 4.98 Å². The summed E-state index contributed by atoms with van der Waals surface area (Å²) in [5.41, 5.74) is 5.38. The van der Waals surface area contributed by atoms with Crippen LogP contribution in [0.25, 0.3) is 11.2 Å². The van der Waals surface area contributed by atoms with Gasteiger partial charge in [0, 0.05) is 5.92 Å². The number of aromatic amines is 1. The molecule has 0 saturated carbocycles. The van der Waals surface area contributed by atoms with Crippen LogP contribution in [0.1, 0.15) is 13.2 Å². The highest BCUT2D eigenvalue weighted by Crippen LogP contribution is 2.35. The van der Waals surface area contributed by atoms with Crippen molar-refractivity contribution in [2.75, 3.05) is 18.9 Å². The van der Waals surface area contributed by atoms with Gasteiger partial charge in [0.05, 0.1) is 31.9 Å². The standard InChI is InChI=1S/C14H19N5O5/c1-2-23-4-3-7-8(5-20)24-13(10(7)21)19-6-16-9-11(19)17-14(15)18-12(9)22/h3-4,6-8,10,13,20-21H,2,5H2,1H3,(H3,15,17,18,22)/b4-3+/t7-,8-,10-,13-/m1/s1. The molecule has 1 saturated heterocycles. The summed E-state index contributed by atoms with van der Waals surface area (Å²) in [6.45, 7) is 2.05. The van der Waals surface area contributed by atoms with Crippen LogP contribution in [0.2, 0.25) is 0 Å². The summed E-state index contributed by atoms with van der Waals surface area (Å²) < 4.78 is 12.3. The van der Waals surface area contributed by atoms with E-state index in [-0.39, 0.29) is 23.7 Å². The maximum atomic E-state index is 11.8. The highest BCUT2D eigenvalue weighted by molar-refractivity contribution is 5.70. The summed E-state index contributed by atoms with van der Waals surface area (Å²) in [5.74, 6) is -0.545. The molecule has 0 aromatic carbocycles. The minimum absolute atomic E-state index is 0.0618. The smallest absolute Gasteiger partial charge is 0.280 e. The average molecular weight is 337 g/mol. The Kier molecular flexibility index (Phi) is 4.51. The lowest BCUT2D eigenvalue weighted by atomic mass is 9.98. The second-order valence-electron chi connectivity index (χ2n) is 5.37. The number of anilines is 1. The van der Waals surface area contributed by atoms with Gasteiger partial charge in [0.1, 0.15) is 6.10 Å². The SMILES string of the molecule is CCO/C=C/[C@H]1[C@@H](O)[C@H](n2cnc3c(=O)[nH]c(N)nc32)O[C@@H]1CO. The molecule has 2 aromatic heterocycles. The van der Waals surface area contributed by atoms with E-state index in [2.05, 4.69) is 15.0 Å². The lowest BCUT2D eigenvalue weighted by Crippen LogP contribution is -2.26. The van der Waals surface area contributed by atoms with Gasteiger partial charge in [0.2, 0.25) is 5.95 Å². The van der Waals surface area contributed by atoms with Gasteiger partial charge in [-0.3, -0.25) is 14.3 Å². The van der Waals surface area contributed by atoms with Crippen molar-refractivity contribution < 1.29 is 19.7 Å². The summed E-state index contributed by atoms with van der Waals surface area (Å²) in [6, 6.07) is 0. The van der Waals surface area contributed by atoms with Crippen molar-refractivity contribution in [3.8, 4) is 0 Å². The number of hydrogen-bond donors (Lipinski definition) is 4. The molecule has 0 unspecified atom stereocenters. The molecule has 3 rings (SSSR count). The first-order valence-electron chi connectivity index (χ1n) is 7.51. The molecule has 2 aromatic rings. The fraction of sp³-hybridized carbons (Fsp3) is 0.500. The molecule has 24 heavy (non-hydrogen) atoms. The van der Waals surface area contributed by atoms with E-state index in [0.29, 0.717) is 6.61 Å². The number of ether oxygens (including phenoxy) is 2. The predicted molar refractivity (Wildman–Crippen MR) is 83.8 cm³/mol. The Hall–Kier alpha value is -2.43. The minimum Gasteiger partial charge on any atom is -0.502 e. The Balaban J connectivity index is 1.97. The van der Waals surface area contributed by atoms with E-state index < -0.39 is 29.9 Å². The number of aromatic nitrogens is 4. The third kappa shape index (κ3) is 2.75. The highest BCUT2D eigenvalue weighted by Gasteiger charge is 2.43. The van der Waals surface area contributed by atoms with E-state index in [1.54, 1.807) is 6.08 Å². The van der Waals surface area contributed by atoms with Gasteiger partial charge in [-0.25, -0.2) is 4.98 Å². The Labute approximate surface area is 136 Å². The largest absolute Gasteiger partial charge is 0.502 e. The Morgan fingerprint density at radius 2 is 2.38 bits per heavy atom. The van der Waals surface area contributed by atoms with Crippen LogP contribution in [0, 0.1) is 5.92 Å². The summed E-state index contributed by atoms with van der Waals surface area (Å²) in [5, 5.41) is 20.1. The number of nitrogens with one attached hydrogen (secondary N) is 1. The molecule has 1 aliphatic heterocycles. The lowest BCUT2D eigenvalue weighted by Gasteiger charge is -2.17. The van der Waals surface area contributed by atoms with Crippen LogP contribution in [-0.2, 0) is 9.47 Å². The van der Waals surface area contributed by atoms with E-state index in [0.717, 1.165) is 0 Å². The third-order valence-corrected chi connectivity index (χ3v) is 3.90. The fourth-order valence-corrected chi connectivity index (χ4v) is 2.76. The zero-order chi connectivity index (χ0) is 17.3. The first kappa shape index (κ1) is 16.4. The highest BCUT2D eigenvalue weighted by atomic mass is 16.5. The summed E-state index contributed by atoms with van der Waals surface area (Å²) in [6.07, 6.45) is 1.98. The first-order valence-corrected chi connectivity index (χ1v) is 7.51. The molecule has 0 spiro atoms. The monoisotopic (exact) mass is 337 g/mol. The number of fused-ring (bicyclic) bond motifs is 1. The minimum atomic E-state index is -0.987. The normalized spacial score (nSPS) is 27.3. The van der Waals surface area contributed by atoms with E-state index in [1.165, 1.54) is 17.2 Å². The van der Waals surface area contributed by atoms with Crippen LogP contribution in [0.5, 0.6) is 0 Å². The molecule has 0 aliphatic carbocycles. The van der Waals surface area contributed by atoms with Crippen LogP contribution in [0.3, 0.4) is 0 Å². The molecule has 0 radical (unpaired) electrons. The number of rotatable bonds is 5. The van der Waals surface area contributed by atoms with E-state index in [9.17, 15) is 15.0 Å². The molecule has 1 aliphatic rings. The molecule has 5 N–H and O–H groups in total. The summed E-state index contributed by atoms with van der Waals surface area (Å²) >= 11 is 0. The van der Waals surface area contributed by atoms with Crippen LogP contribution >= 0.6 is 0 Å². The number of H-pyrrole nitrogens is 1. The Bertz CT molecular complexity index is 800. The third-order valence-electron chi connectivity index (χ3n) is 3.90. The zero-order valence-corrected chi connectivity index (χ0v) is 13.0. The predicted octanol–water partition coefficient (Wildman–Crippen LogP) is -0.881. The first-order chi connectivity index (χ1) is 11.6. The van der Waals surface area contributed by atoms with Crippen molar-refractivity contribution in [3.05, 3.63) is 29.0 Å². The van der Waals surface area contributed by atoms with Crippen molar-refractivity contribution in [3.63, 3.8) is 0 Å². The number of aliphatic hydroxyl groups is 2. The van der Waals surface area contributed by atoms with Crippen molar-refractivity contribution in [2.24, 2.45) is 5.92 Å². The van der Waals surface area contributed by atoms with Gasteiger partial charge in [-0.05, 0) is 13.0 Å². The molecule has 0 amide bonds. The van der Waals surface area contributed by atoms with Gasteiger partial charge in [-0.15, -0.1) is 0 Å². The van der Waals surface area contributed by atoms with Crippen LogP contribution in [0.15, 0.2) is 23.5 Å². The van der Waals surface area contributed by atoms with Crippen molar-refractivity contribution >= 4 is 17.1 Å².